The van der Waals surface area contributed by atoms with E-state index in [1.807, 2.05) is 47.8 Å². The fourth-order valence-corrected chi connectivity index (χ4v) is 3.25. The first-order valence-electron chi connectivity index (χ1n) is 8.09. The topological polar surface area (TPSA) is 69.7 Å². The summed E-state index contributed by atoms with van der Waals surface area (Å²) in [5.41, 5.74) is 0.726. The molecule has 26 heavy (non-hydrogen) atoms. The van der Waals surface area contributed by atoms with E-state index in [1.54, 1.807) is 12.1 Å². The predicted molar refractivity (Wildman–Crippen MR) is 98.0 cm³/mol. The quantitative estimate of drug-likeness (QED) is 0.744. The number of fused-ring (bicyclic) bond motifs is 1. The number of aromatic nitrogens is 1. The van der Waals surface area contributed by atoms with E-state index in [9.17, 15) is 4.79 Å². The second-order valence-corrected chi connectivity index (χ2v) is 6.45. The highest BCUT2D eigenvalue weighted by atomic mass is 32.1. The third-order valence-electron chi connectivity index (χ3n) is 3.72. The molecule has 4 rings (SSSR count). The summed E-state index contributed by atoms with van der Waals surface area (Å²) in [4.78, 5) is 16.4. The standard InChI is InChI=1S/C19H16N2O4S/c22-18(11-23-13-6-2-1-3-7-13)21-19-20-14(12-26-19)17-10-24-15-8-4-5-9-16(15)25-17/h1-9,12,17H,10-11H2,(H,20,21,22). The Labute approximate surface area is 154 Å². The Morgan fingerprint density at radius 2 is 1.92 bits per heavy atom. The van der Waals surface area contributed by atoms with Crippen LogP contribution in [0.5, 0.6) is 17.2 Å². The summed E-state index contributed by atoms with van der Waals surface area (Å²) >= 11 is 1.34. The van der Waals surface area contributed by atoms with Gasteiger partial charge in [0.05, 0.1) is 5.69 Å². The Hall–Kier alpha value is -3.06. The van der Waals surface area contributed by atoms with Gasteiger partial charge in [-0.2, -0.15) is 0 Å². The molecule has 0 spiro atoms. The molecule has 132 valence electrons. The summed E-state index contributed by atoms with van der Waals surface area (Å²) in [7, 11) is 0. The van der Waals surface area contributed by atoms with Crippen molar-refractivity contribution in [3.05, 3.63) is 65.7 Å². The molecule has 0 aliphatic carbocycles. The van der Waals surface area contributed by atoms with Crippen LogP contribution in [0.4, 0.5) is 5.13 Å². The van der Waals surface area contributed by atoms with Gasteiger partial charge < -0.3 is 14.2 Å². The Morgan fingerprint density at radius 1 is 1.15 bits per heavy atom. The van der Waals surface area contributed by atoms with E-state index in [0.29, 0.717) is 23.2 Å². The number of para-hydroxylation sites is 3. The summed E-state index contributed by atoms with van der Waals surface area (Å²) in [6.45, 7) is 0.306. The lowest BCUT2D eigenvalue weighted by Gasteiger charge is -2.25. The minimum atomic E-state index is -0.299. The number of hydrogen-bond acceptors (Lipinski definition) is 6. The van der Waals surface area contributed by atoms with Gasteiger partial charge >= 0.3 is 0 Å². The molecule has 1 aliphatic heterocycles. The highest BCUT2D eigenvalue weighted by Crippen LogP contribution is 2.36. The summed E-state index contributed by atoms with van der Waals surface area (Å²) in [5, 5.41) is 5.10. The molecule has 0 radical (unpaired) electrons. The monoisotopic (exact) mass is 368 g/mol. The third kappa shape index (κ3) is 3.78. The number of benzene rings is 2. The van der Waals surface area contributed by atoms with E-state index < -0.39 is 0 Å². The lowest BCUT2D eigenvalue weighted by Crippen LogP contribution is -2.22. The van der Waals surface area contributed by atoms with Crippen LogP contribution in [0.25, 0.3) is 0 Å². The van der Waals surface area contributed by atoms with E-state index in [-0.39, 0.29) is 18.6 Å². The van der Waals surface area contributed by atoms with Crippen molar-refractivity contribution in [2.45, 2.75) is 6.10 Å². The van der Waals surface area contributed by atoms with Gasteiger partial charge in [0.1, 0.15) is 12.4 Å². The Balaban J connectivity index is 1.34. The molecule has 1 unspecified atom stereocenters. The molecule has 0 bridgehead atoms. The minimum absolute atomic E-state index is 0.0741. The number of carbonyl (C=O) groups excluding carboxylic acids is 1. The second kappa shape index (κ2) is 7.45. The number of rotatable bonds is 5. The van der Waals surface area contributed by atoms with Crippen molar-refractivity contribution in [1.82, 2.24) is 4.98 Å². The lowest BCUT2D eigenvalue weighted by atomic mass is 10.2. The first-order chi connectivity index (χ1) is 12.8. The molecule has 0 fully saturated rings. The van der Waals surface area contributed by atoms with Gasteiger partial charge in [-0.05, 0) is 24.3 Å². The molecule has 1 atom stereocenters. The second-order valence-electron chi connectivity index (χ2n) is 5.59. The van der Waals surface area contributed by atoms with E-state index in [1.165, 1.54) is 11.3 Å². The van der Waals surface area contributed by atoms with Crippen molar-refractivity contribution in [3.63, 3.8) is 0 Å². The molecular weight excluding hydrogens is 352 g/mol. The Morgan fingerprint density at radius 3 is 2.77 bits per heavy atom. The maximum atomic E-state index is 12.0. The average Bonchev–Trinajstić information content (AvgIpc) is 3.15. The van der Waals surface area contributed by atoms with Crippen LogP contribution in [0, 0.1) is 0 Å². The van der Waals surface area contributed by atoms with E-state index in [4.69, 9.17) is 14.2 Å². The molecule has 1 aromatic heterocycles. The molecule has 0 saturated carbocycles. The minimum Gasteiger partial charge on any atom is -0.485 e. The first kappa shape index (κ1) is 16.4. The normalized spacial score (nSPS) is 15.3. The summed E-state index contributed by atoms with van der Waals surface area (Å²) < 4.78 is 17.0. The number of thiazole rings is 1. The molecule has 3 aromatic rings. The van der Waals surface area contributed by atoms with Crippen molar-refractivity contribution in [2.75, 3.05) is 18.5 Å². The maximum Gasteiger partial charge on any atom is 0.264 e. The summed E-state index contributed by atoms with van der Waals surface area (Å²) in [5.74, 6) is 1.80. The van der Waals surface area contributed by atoms with Gasteiger partial charge in [-0.25, -0.2) is 4.98 Å². The van der Waals surface area contributed by atoms with Crippen LogP contribution in [-0.2, 0) is 4.79 Å². The number of anilines is 1. The van der Waals surface area contributed by atoms with Crippen LogP contribution in [0.15, 0.2) is 60.0 Å². The van der Waals surface area contributed by atoms with Crippen LogP contribution in [0.2, 0.25) is 0 Å². The fourth-order valence-electron chi connectivity index (χ4n) is 2.48. The fraction of sp³-hybridized carbons (Fsp3) is 0.158. The van der Waals surface area contributed by atoms with Crippen LogP contribution < -0.4 is 19.5 Å². The number of nitrogens with zero attached hydrogens (tertiary/aromatic N) is 1. The number of carbonyl (C=O) groups is 1. The zero-order valence-electron chi connectivity index (χ0n) is 13.8. The highest BCUT2D eigenvalue weighted by Gasteiger charge is 2.24. The van der Waals surface area contributed by atoms with Gasteiger partial charge in [0.25, 0.3) is 5.91 Å². The van der Waals surface area contributed by atoms with Crippen molar-refractivity contribution in [3.8, 4) is 17.2 Å². The van der Waals surface area contributed by atoms with E-state index in [0.717, 1.165) is 11.4 Å². The Kier molecular flexibility index (Phi) is 4.70. The molecule has 2 aromatic carbocycles. The Bertz CT molecular complexity index is 897. The number of hydrogen-bond donors (Lipinski definition) is 1. The van der Waals surface area contributed by atoms with Crippen molar-refractivity contribution < 1.29 is 19.0 Å². The van der Waals surface area contributed by atoms with Gasteiger partial charge in [-0.3, -0.25) is 10.1 Å². The van der Waals surface area contributed by atoms with Gasteiger partial charge in [0, 0.05) is 5.38 Å². The van der Waals surface area contributed by atoms with Gasteiger partial charge in [-0.15, -0.1) is 11.3 Å². The van der Waals surface area contributed by atoms with Crippen molar-refractivity contribution >= 4 is 22.4 Å². The molecule has 2 heterocycles. The van der Waals surface area contributed by atoms with E-state index in [2.05, 4.69) is 10.3 Å². The van der Waals surface area contributed by atoms with Crippen molar-refractivity contribution in [2.24, 2.45) is 0 Å². The van der Waals surface area contributed by atoms with E-state index >= 15 is 0 Å². The molecule has 1 aliphatic rings. The predicted octanol–water partition coefficient (Wildman–Crippen LogP) is 3.67. The zero-order valence-corrected chi connectivity index (χ0v) is 14.6. The SMILES string of the molecule is O=C(COc1ccccc1)Nc1nc(C2COc3ccccc3O2)cs1. The van der Waals surface area contributed by atoms with Crippen molar-refractivity contribution in [1.29, 1.82) is 0 Å². The highest BCUT2D eigenvalue weighted by molar-refractivity contribution is 7.13. The van der Waals surface area contributed by atoms with Crippen LogP contribution in [-0.4, -0.2) is 24.1 Å². The summed E-state index contributed by atoms with van der Waals surface area (Å²) in [6, 6.07) is 16.7. The third-order valence-corrected chi connectivity index (χ3v) is 4.50. The summed E-state index contributed by atoms with van der Waals surface area (Å²) in [6.07, 6.45) is -0.299. The lowest BCUT2D eigenvalue weighted by molar-refractivity contribution is -0.118. The number of ether oxygens (including phenoxy) is 3. The van der Waals surface area contributed by atoms with Gasteiger partial charge in [-0.1, -0.05) is 30.3 Å². The van der Waals surface area contributed by atoms with Crippen LogP contribution in [0.1, 0.15) is 11.8 Å². The molecule has 1 N–H and O–H groups in total. The number of nitrogens with one attached hydrogen (secondary N) is 1. The molecule has 7 heteroatoms. The van der Waals surface area contributed by atoms with Crippen LogP contribution >= 0.6 is 11.3 Å². The largest absolute Gasteiger partial charge is 0.485 e. The molecule has 6 nitrogen and oxygen atoms in total. The smallest absolute Gasteiger partial charge is 0.264 e. The zero-order chi connectivity index (χ0) is 17.8. The maximum absolute atomic E-state index is 12.0. The van der Waals surface area contributed by atoms with Gasteiger partial charge in [0.2, 0.25) is 0 Å². The first-order valence-corrected chi connectivity index (χ1v) is 8.97. The van der Waals surface area contributed by atoms with Crippen LogP contribution in [0.3, 0.4) is 0 Å². The molecular formula is C19H16N2O4S. The molecule has 1 amide bonds. The molecule has 0 saturated heterocycles. The van der Waals surface area contributed by atoms with Gasteiger partial charge in [0.15, 0.2) is 29.3 Å². The average molecular weight is 368 g/mol. The number of amides is 1.